The van der Waals surface area contributed by atoms with Crippen LogP contribution in [0.5, 0.6) is 0 Å². The van der Waals surface area contributed by atoms with Gasteiger partial charge in [0.2, 0.25) is 0 Å². The van der Waals surface area contributed by atoms with Crippen molar-refractivity contribution in [2.45, 2.75) is 13.5 Å². The third-order valence-electron chi connectivity index (χ3n) is 2.81. The fraction of sp³-hybridized carbons (Fsp3) is 0.200. The van der Waals surface area contributed by atoms with Crippen LogP contribution in [0.15, 0.2) is 53.3 Å². The summed E-state index contributed by atoms with van der Waals surface area (Å²) >= 11 is 0. The number of carbonyl (C=O) groups excluding carboxylic acids is 1. The third-order valence-corrected chi connectivity index (χ3v) is 2.81. The molecule has 0 saturated heterocycles. The summed E-state index contributed by atoms with van der Waals surface area (Å²) in [5.41, 5.74) is 0.880. The zero-order valence-electron chi connectivity index (χ0n) is 10.8. The molecule has 4 heteroatoms. The second-order valence-corrected chi connectivity index (χ2v) is 4.14. The highest BCUT2D eigenvalue weighted by atomic mass is 16.5. The van der Waals surface area contributed by atoms with Crippen LogP contribution in [-0.4, -0.2) is 17.1 Å². The van der Waals surface area contributed by atoms with Crippen LogP contribution in [0, 0.1) is 0 Å². The van der Waals surface area contributed by atoms with E-state index in [1.54, 1.807) is 13.0 Å². The van der Waals surface area contributed by atoms with Crippen molar-refractivity contribution in [3.05, 3.63) is 58.9 Å². The fourth-order valence-electron chi connectivity index (χ4n) is 1.90. The number of benzene rings is 1. The van der Waals surface area contributed by atoms with E-state index < -0.39 is 5.97 Å². The first kappa shape index (κ1) is 13.1. The number of ether oxygens (including phenoxy) is 1. The number of nitrogens with zero attached hydrogens (tertiary/aromatic N) is 1. The molecule has 0 radical (unpaired) electrons. The number of fused-ring (bicyclic) bond motifs is 1. The lowest BCUT2D eigenvalue weighted by Gasteiger charge is -2.11. The van der Waals surface area contributed by atoms with Crippen molar-refractivity contribution in [3.8, 4) is 0 Å². The molecule has 0 aliphatic heterocycles. The Kier molecular flexibility index (Phi) is 3.80. The summed E-state index contributed by atoms with van der Waals surface area (Å²) in [6, 6.07) is 10.8. The maximum Gasteiger partial charge on any atom is 0.335 e. The van der Waals surface area contributed by atoms with Crippen LogP contribution in [0.4, 0.5) is 0 Å². The molecule has 19 heavy (non-hydrogen) atoms. The molecule has 0 unspecified atom stereocenters. The number of para-hydroxylation sites is 1. The van der Waals surface area contributed by atoms with Crippen LogP contribution in [0.3, 0.4) is 0 Å². The molecule has 0 aliphatic carbocycles. The molecule has 0 atom stereocenters. The van der Waals surface area contributed by atoms with E-state index in [1.807, 2.05) is 24.3 Å². The first-order valence-corrected chi connectivity index (χ1v) is 6.07. The molecule has 2 aromatic rings. The van der Waals surface area contributed by atoms with Gasteiger partial charge in [-0.15, -0.1) is 0 Å². The monoisotopic (exact) mass is 257 g/mol. The molecule has 1 heterocycles. The Morgan fingerprint density at radius 2 is 2.00 bits per heavy atom. The second-order valence-electron chi connectivity index (χ2n) is 4.14. The Bertz CT molecular complexity index is 685. The molecule has 0 saturated carbocycles. The van der Waals surface area contributed by atoms with Crippen molar-refractivity contribution in [1.29, 1.82) is 0 Å². The molecule has 4 nitrogen and oxygen atoms in total. The molecule has 1 aromatic heterocycles. The van der Waals surface area contributed by atoms with Gasteiger partial charge in [0.1, 0.15) is 0 Å². The predicted octanol–water partition coefficient (Wildman–Crippen LogP) is 2.12. The minimum absolute atomic E-state index is 0.138. The van der Waals surface area contributed by atoms with E-state index in [0.717, 1.165) is 10.9 Å². The van der Waals surface area contributed by atoms with E-state index in [2.05, 4.69) is 6.58 Å². The molecular formula is C15H15NO3. The van der Waals surface area contributed by atoms with Crippen LogP contribution in [-0.2, 0) is 16.1 Å². The van der Waals surface area contributed by atoms with Gasteiger partial charge >= 0.3 is 5.97 Å². The Hall–Kier alpha value is -2.36. The normalized spacial score (nSPS) is 10.4. The van der Waals surface area contributed by atoms with Gasteiger partial charge in [-0.05, 0) is 24.4 Å². The summed E-state index contributed by atoms with van der Waals surface area (Å²) in [4.78, 5) is 23.5. The van der Waals surface area contributed by atoms with Gasteiger partial charge in [-0.3, -0.25) is 4.79 Å². The maximum absolute atomic E-state index is 11.9. The third kappa shape index (κ3) is 2.73. The number of hydrogen-bond acceptors (Lipinski definition) is 3. The summed E-state index contributed by atoms with van der Waals surface area (Å²) in [5, 5.41) is 0.943. The quantitative estimate of drug-likeness (QED) is 0.622. The lowest BCUT2D eigenvalue weighted by Crippen LogP contribution is -2.23. The molecule has 0 spiro atoms. The van der Waals surface area contributed by atoms with E-state index in [9.17, 15) is 9.59 Å². The first-order valence-electron chi connectivity index (χ1n) is 6.07. The average molecular weight is 257 g/mol. The number of esters is 1. The molecule has 0 amide bonds. The molecule has 1 aromatic carbocycles. The van der Waals surface area contributed by atoms with Gasteiger partial charge in [0.25, 0.3) is 5.56 Å². The molecular weight excluding hydrogens is 242 g/mol. The van der Waals surface area contributed by atoms with Gasteiger partial charge < -0.3 is 9.30 Å². The van der Waals surface area contributed by atoms with Crippen molar-refractivity contribution in [2.24, 2.45) is 0 Å². The molecule has 0 aliphatic rings. The van der Waals surface area contributed by atoms with Crippen molar-refractivity contribution in [3.63, 3.8) is 0 Å². The predicted molar refractivity (Wildman–Crippen MR) is 74.0 cm³/mol. The highest BCUT2D eigenvalue weighted by Crippen LogP contribution is 2.12. The van der Waals surface area contributed by atoms with Crippen molar-refractivity contribution in [2.75, 3.05) is 6.61 Å². The van der Waals surface area contributed by atoms with Crippen LogP contribution >= 0.6 is 0 Å². The average Bonchev–Trinajstić information content (AvgIpc) is 2.42. The van der Waals surface area contributed by atoms with Crippen LogP contribution in [0.1, 0.15) is 6.92 Å². The summed E-state index contributed by atoms with van der Waals surface area (Å²) in [6.07, 6.45) is 0. The highest BCUT2D eigenvalue weighted by molar-refractivity contribution is 5.88. The number of aromatic nitrogens is 1. The van der Waals surface area contributed by atoms with E-state index in [-0.39, 0.29) is 17.7 Å². The van der Waals surface area contributed by atoms with E-state index in [1.165, 1.54) is 10.6 Å². The zero-order valence-corrected chi connectivity index (χ0v) is 10.8. The van der Waals surface area contributed by atoms with Gasteiger partial charge in [-0.2, -0.15) is 0 Å². The van der Waals surface area contributed by atoms with Gasteiger partial charge in [0.05, 0.1) is 18.7 Å². The number of hydrogen-bond donors (Lipinski definition) is 0. The van der Waals surface area contributed by atoms with Gasteiger partial charge in [-0.25, -0.2) is 4.79 Å². The zero-order chi connectivity index (χ0) is 13.8. The minimum atomic E-state index is -0.470. The number of carbonyl (C=O) groups is 1. The minimum Gasteiger partial charge on any atom is -0.463 e. The Labute approximate surface area is 110 Å². The fourth-order valence-corrected chi connectivity index (χ4v) is 1.90. The van der Waals surface area contributed by atoms with Gasteiger partial charge in [0.15, 0.2) is 0 Å². The summed E-state index contributed by atoms with van der Waals surface area (Å²) < 4.78 is 6.40. The Morgan fingerprint density at radius 1 is 1.26 bits per heavy atom. The molecule has 98 valence electrons. The smallest absolute Gasteiger partial charge is 0.335 e. The Balaban J connectivity index is 2.40. The summed E-state index contributed by atoms with van der Waals surface area (Å²) in [5.74, 6) is -0.470. The van der Waals surface area contributed by atoms with Gasteiger partial charge in [0, 0.05) is 11.6 Å². The van der Waals surface area contributed by atoms with Crippen LogP contribution in [0.25, 0.3) is 10.9 Å². The Morgan fingerprint density at radius 3 is 2.74 bits per heavy atom. The lowest BCUT2D eigenvalue weighted by atomic mass is 10.2. The van der Waals surface area contributed by atoms with Gasteiger partial charge in [-0.1, -0.05) is 24.8 Å². The molecule has 0 fully saturated rings. The number of pyridine rings is 1. The summed E-state index contributed by atoms with van der Waals surface area (Å²) in [7, 11) is 0. The highest BCUT2D eigenvalue weighted by Gasteiger charge is 2.11. The SMILES string of the molecule is C=C(Cn1c(=O)ccc2ccccc21)C(=O)OCC. The van der Waals surface area contributed by atoms with Crippen molar-refractivity contribution in [1.82, 2.24) is 4.57 Å². The van der Waals surface area contributed by atoms with E-state index in [0.29, 0.717) is 6.61 Å². The first-order chi connectivity index (χ1) is 9.13. The maximum atomic E-state index is 11.9. The molecule has 0 bridgehead atoms. The summed E-state index contributed by atoms with van der Waals surface area (Å²) in [6.45, 7) is 5.85. The number of rotatable bonds is 4. The lowest BCUT2D eigenvalue weighted by molar-refractivity contribution is -0.138. The molecule has 0 N–H and O–H groups in total. The van der Waals surface area contributed by atoms with Crippen LogP contribution in [0.2, 0.25) is 0 Å². The largest absolute Gasteiger partial charge is 0.463 e. The van der Waals surface area contributed by atoms with E-state index >= 15 is 0 Å². The van der Waals surface area contributed by atoms with Crippen molar-refractivity contribution < 1.29 is 9.53 Å². The van der Waals surface area contributed by atoms with Crippen LogP contribution < -0.4 is 5.56 Å². The van der Waals surface area contributed by atoms with E-state index in [4.69, 9.17) is 4.74 Å². The topological polar surface area (TPSA) is 48.3 Å². The van der Waals surface area contributed by atoms with Crippen molar-refractivity contribution >= 4 is 16.9 Å². The standard InChI is InChI=1S/C15H15NO3/c1-3-19-15(18)11(2)10-16-13-7-5-4-6-12(13)8-9-14(16)17/h4-9H,2-3,10H2,1H3. The molecule has 2 rings (SSSR count). The second kappa shape index (κ2) is 5.52.